The van der Waals surface area contributed by atoms with Crippen LogP contribution < -0.4 is 11.5 Å². The van der Waals surface area contributed by atoms with E-state index in [2.05, 4.69) is 10.2 Å². The Morgan fingerprint density at radius 3 is 2.53 bits per heavy atom. The fourth-order valence-corrected chi connectivity index (χ4v) is 6.37. The zero-order chi connectivity index (χ0) is 25.6. The van der Waals surface area contributed by atoms with Crippen molar-refractivity contribution in [1.29, 1.82) is 0 Å². The van der Waals surface area contributed by atoms with E-state index in [1.807, 2.05) is 30.1 Å². The van der Waals surface area contributed by atoms with Gasteiger partial charge in [-0.1, -0.05) is 11.8 Å². The maximum absolute atomic E-state index is 13.6. The van der Waals surface area contributed by atoms with Crippen LogP contribution in [0.25, 0.3) is 16.6 Å². The van der Waals surface area contributed by atoms with Crippen molar-refractivity contribution >= 4 is 36.5 Å². The van der Waals surface area contributed by atoms with E-state index in [4.69, 9.17) is 25.8 Å². The smallest absolute Gasteiger partial charge is 0.398 e. The first-order chi connectivity index (χ1) is 17.1. The number of nitrogens with two attached hydrogens (primary N) is 2. The SMILES string of the molecule is Cc1c(-c2cc(Sc3ccc(F)cc3N)c3c(N)cnn3c2)cnn1C1CCC(OP(=O)(O)O)CC1. The van der Waals surface area contributed by atoms with Crippen LogP contribution in [-0.4, -0.2) is 35.3 Å². The monoisotopic (exact) mass is 532 g/mol. The van der Waals surface area contributed by atoms with Crippen molar-refractivity contribution < 1.29 is 23.3 Å². The van der Waals surface area contributed by atoms with Crippen LogP contribution in [0.3, 0.4) is 0 Å². The Bertz CT molecular complexity index is 1480. The summed E-state index contributed by atoms with van der Waals surface area (Å²) in [6.45, 7) is 1.99. The maximum Gasteiger partial charge on any atom is 0.469 e. The van der Waals surface area contributed by atoms with E-state index < -0.39 is 19.7 Å². The van der Waals surface area contributed by atoms with E-state index in [1.165, 1.54) is 23.9 Å². The highest BCUT2D eigenvalue weighted by molar-refractivity contribution is 7.99. The van der Waals surface area contributed by atoms with Crippen LogP contribution in [0.2, 0.25) is 0 Å². The minimum Gasteiger partial charge on any atom is -0.398 e. The van der Waals surface area contributed by atoms with Crippen molar-refractivity contribution in [2.75, 3.05) is 11.5 Å². The average Bonchev–Trinajstić information content (AvgIpc) is 3.38. The van der Waals surface area contributed by atoms with Crippen molar-refractivity contribution in [2.45, 2.75) is 54.5 Å². The number of hydrogen-bond donors (Lipinski definition) is 4. The molecule has 1 saturated carbocycles. The quantitative estimate of drug-likeness (QED) is 0.207. The molecule has 1 aromatic carbocycles. The topological polar surface area (TPSA) is 154 Å². The van der Waals surface area contributed by atoms with E-state index in [-0.39, 0.29) is 6.04 Å². The van der Waals surface area contributed by atoms with Gasteiger partial charge in [0.05, 0.1) is 30.2 Å². The molecule has 13 heteroatoms. The fraction of sp³-hybridized carbons (Fsp3) is 0.304. The van der Waals surface area contributed by atoms with Crippen LogP contribution >= 0.6 is 19.6 Å². The molecule has 0 saturated heterocycles. The number of anilines is 2. The molecule has 190 valence electrons. The van der Waals surface area contributed by atoms with E-state index in [9.17, 15) is 8.96 Å². The molecule has 0 unspecified atom stereocenters. The van der Waals surface area contributed by atoms with Crippen molar-refractivity contribution in [3.63, 3.8) is 0 Å². The van der Waals surface area contributed by atoms with E-state index in [1.54, 1.807) is 16.8 Å². The Hall–Kier alpha value is -2.89. The number of nitrogens with zero attached hydrogens (tertiary/aromatic N) is 4. The van der Waals surface area contributed by atoms with Gasteiger partial charge in [-0.05, 0) is 56.9 Å². The molecule has 1 aliphatic carbocycles. The number of phosphoric ester groups is 1. The molecular formula is C23H26FN6O4PS. The molecule has 0 bridgehead atoms. The van der Waals surface area contributed by atoms with Crippen LogP contribution in [-0.2, 0) is 9.09 Å². The van der Waals surface area contributed by atoms with Gasteiger partial charge in [-0.15, -0.1) is 0 Å². The number of rotatable bonds is 6. The van der Waals surface area contributed by atoms with Crippen LogP contribution in [0.5, 0.6) is 0 Å². The number of halogens is 1. The summed E-state index contributed by atoms with van der Waals surface area (Å²) >= 11 is 1.39. The Morgan fingerprint density at radius 2 is 1.83 bits per heavy atom. The largest absolute Gasteiger partial charge is 0.469 e. The summed E-state index contributed by atoms with van der Waals surface area (Å²) in [4.78, 5) is 19.7. The molecule has 5 rings (SSSR count). The van der Waals surface area contributed by atoms with Crippen LogP contribution in [0.15, 0.2) is 52.6 Å². The minimum absolute atomic E-state index is 0.104. The number of phosphoric acid groups is 1. The second kappa shape index (κ2) is 9.53. The fourth-order valence-electron chi connectivity index (χ4n) is 4.73. The van der Waals surface area contributed by atoms with Crippen molar-refractivity contribution in [2.24, 2.45) is 0 Å². The molecule has 6 N–H and O–H groups in total. The summed E-state index contributed by atoms with van der Waals surface area (Å²) < 4.78 is 33.3. The second-order valence-corrected chi connectivity index (χ2v) is 11.2. The normalized spacial score (nSPS) is 18.7. The molecule has 1 aliphatic rings. The highest BCUT2D eigenvalue weighted by Crippen LogP contribution is 2.43. The minimum atomic E-state index is -4.49. The Labute approximate surface area is 210 Å². The zero-order valence-corrected chi connectivity index (χ0v) is 21.1. The van der Waals surface area contributed by atoms with Gasteiger partial charge in [0.25, 0.3) is 0 Å². The molecule has 0 spiro atoms. The number of aromatic nitrogens is 4. The van der Waals surface area contributed by atoms with Gasteiger partial charge in [0.1, 0.15) is 11.3 Å². The van der Waals surface area contributed by atoms with Gasteiger partial charge < -0.3 is 21.3 Å². The number of nitrogen functional groups attached to an aromatic ring is 2. The second-order valence-electron chi connectivity index (χ2n) is 8.89. The van der Waals surface area contributed by atoms with Crippen molar-refractivity contribution in [1.82, 2.24) is 19.4 Å². The van der Waals surface area contributed by atoms with E-state index >= 15 is 0 Å². The first-order valence-corrected chi connectivity index (χ1v) is 13.7. The number of hydrogen-bond acceptors (Lipinski definition) is 7. The summed E-state index contributed by atoms with van der Waals surface area (Å²) in [5.41, 5.74) is 16.6. The molecule has 1 fully saturated rings. The number of pyridine rings is 1. The Balaban J connectivity index is 1.45. The predicted octanol–water partition coefficient (Wildman–Crippen LogP) is 4.55. The van der Waals surface area contributed by atoms with Gasteiger partial charge in [0.2, 0.25) is 0 Å². The van der Waals surface area contributed by atoms with Crippen LogP contribution in [0, 0.1) is 12.7 Å². The third-order valence-corrected chi connectivity index (χ3v) is 8.12. The predicted molar refractivity (Wildman–Crippen MR) is 135 cm³/mol. The standard InChI is InChI=1S/C23H26FN6O4PS/c1-13-18(10-28-30(13)16-3-5-17(6-4-16)34-35(31,32)33)14-8-22(23-20(26)11-27-29(23)12-14)36-21-7-2-15(24)9-19(21)25/h2,7-12,16-17H,3-6,25-26H2,1H3,(H2,31,32,33). The molecule has 36 heavy (non-hydrogen) atoms. The summed E-state index contributed by atoms with van der Waals surface area (Å²) in [7, 11) is -4.49. The van der Waals surface area contributed by atoms with Gasteiger partial charge in [0.15, 0.2) is 0 Å². The third-order valence-electron chi connectivity index (χ3n) is 6.43. The van der Waals surface area contributed by atoms with Gasteiger partial charge in [-0.2, -0.15) is 10.2 Å². The highest BCUT2D eigenvalue weighted by Gasteiger charge is 2.29. The molecule has 0 amide bonds. The zero-order valence-electron chi connectivity index (χ0n) is 19.4. The van der Waals surface area contributed by atoms with Crippen molar-refractivity contribution in [3.8, 4) is 11.1 Å². The summed E-state index contributed by atoms with van der Waals surface area (Å²) in [6.07, 6.45) is 7.32. The first kappa shape index (κ1) is 24.8. The van der Waals surface area contributed by atoms with E-state index in [0.717, 1.165) is 27.2 Å². The molecular weight excluding hydrogens is 506 g/mol. The number of benzene rings is 1. The van der Waals surface area contributed by atoms with Gasteiger partial charge in [0, 0.05) is 38.5 Å². The highest BCUT2D eigenvalue weighted by atomic mass is 32.2. The first-order valence-electron chi connectivity index (χ1n) is 11.4. The third kappa shape index (κ3) is 5.00. The van der Waals surface area contributed by atoms with Crippen LogP contribution in [0.1, 0.15) is 37.4 Å². The van der Waals surface area contributed by atoms with Gasteiger partial charge >= 0.3 is 7.82 Å². The Kier molecular flexibility index (Phi) is 6.56. The van der Waals surface area contributed by atoms with E-state index in [0.29, 0.717) is 42.0 Å². The lowest BCUT2D eigenvalue weighted by Crippen LogP contribution is -2.24. The molecule has 3 heterocycles. The molecule has 0 radical (unpaired) electrons. The van der Waals surface area contributed by atoms with Gasteiger partial charge in [-0.3, -0.25) is 9.21 Å². The van der Waals surface area contributed by atoms with Gasteiger partial charge in [-0.25, -0.2) is 13.5 Å². The van der Waals surface area contributed by atoms with Crippen molar-refractivity contribution in [3.05, 3.63) is 54.4 Å². The maximum atomic E-state index is 13.6. The lowest BCUT2D eigenvalue weighted by atomic mass is 9.93. The van der Waals surface area contributed by atoms with Crippen LogP contribution in [0.4, 0.5) is 15.8 Å². The summed E-state index contributed by atoms with van der Waals surface area (Å²) in [5.74, 6) is -0.398. The summed E-state index contributed by atoms with van der Waals surface area (Å²) in [6, 6.07) is 6.40. The lowest BCUT2D eigenvalue weighted by Gasteiger charge is -2.29. The molecule has 3 aromatic heterocycles. The number of fused-ring (bicyclic) bond motifs is 1. The average molecular weight is 533 g/mol. The summed E-state index contributed by atoms with van der Waals surface area (Å²) in [5, 5.41) is 9.03. The lowest BCUT2D eigenvalue weighted by molar-refractivity contribution is 0.0889. The Morgan fingerprint density at radius 1 is 1.08 bits per heavy atom. The molecule has 0 atom stereocenters. The molecule has 4 aromatic rings. The molecule has 10 nitrogen and oxygen atoms in total. The molecule has 0 aliphatic heterocycles.